The van der Waals surface area contributed by atoms with Crippen molar-refractivity contribution in [1.29, 1.82) is 27.0 Å². The van der Waals surface area contributed by atoms with Crippen molar-refractivity contribution in [2.45, 2.75) is 132 Å². The number of benzene rings is 6. The Morgan fingerprint density at radius 2 is 0.535 bits per heavy atom. The maximum atomic E-state index is 15.3. The first-order valence-electron chi connectivity index (χ1n) is 33.3. The Hall–Kier alpha value is -11.8. The Labute approximate surface area is 584 Å². The molecule has 0 aliphatic rings. The van der Waals surface area contributed by atoms with Crippen LogP contribution in [-0.2, 0) is 57.6 Å². The van der Waals surface area contributed by atoms with Crippen LogP contribution in [-0.4, -0.2) is 163 Å². The van der Waals surface area contributed by atoms with E-state index in [1.165, 1.54) is 0 Å². The van der Waals surface area contributed by atoms with E-state index < -0.39 is 95.7 Å². The van der Waals surface area contributed by atoms with Gasteiger partial charge in [-0.25, -0.2) is 4.79 Å². The number of aliphatic carboxylic acids is 1. The maximum Gasteiger partial charge on any atom is 0.326 e. The number of carboxylic acid groups (broad SMARTS) is 1. The van der Waals surface area contributed by atoms with E-state index in [2.05, 4.69) is 63.8 Å². The Bertz CT molecular complexity index is 3910. The van der Waals surface area contributed by atoms with Crippen LogP contribution >= 0.6 is 0 Å². The Morgan fingerprint density at radius 1 is 0.307 bits per heavy atom. The van der Waals surface area contributed by atoms with Gasteiger partial charge in [-0.2, -0.15) is 0 Å². The number of fused-ring (bicyclic) bond motifs is 3. The molecule has 6 rings (SSSR count). The molecule has 7 amide bonds. The van der Waals surface area contributed by atoms with Gasteiger partial charge in [0.05, 0.1) is 6.04 Å². The molecule has 0 aliphatic heterocycles. The van der Waals surface area contributed by atoms with Gasteiger partial charge in [0.1, 0.15) is 42.3 Å². The number of hydrogen-bond donors (Lipinski definition) is 24. The Morgan fingerprint density at radius 3 is 0.812 bits per heavy atom. The van der Waals surface area contributed by atoms with Crippen LogP contribution in [0.1, 0.15) is 80.9 Å². The number of hydrogen-bond acceptors (Lipinski definition) is 14. The quantitative estimate of drug-likeness (QED) is 0.0128. The first kappa shape index (κ1) is 78.2. The van der Waals surface area contributed by atoms with Gasteiger partial charge in [0.2, 0.25) is 41.4 Å². The van der Waals surface area contributed by atoms with Gasteiger partial charge in [0.15, 0.2) is 29.8 Å². The molecule has 0 aliphatic carbocycles. The number of carboxylic acids is 1. The van der Waals surface area contributed by atoms with Crippen LogP contribution in [0.15, 0.2) is 127 Å². The third-order valence-electron chi connectivity index (χ3n) is 16.5. The second kappa shape index (κ2) is 40.2. The second-order valence-electron chi connectivity index (χ2n) is 24.4. The Kier molecular flexibility index (Phi) is 31.1. The van der Waals surface area contributed by atoms with Gasteiger partial charge in [-0.05, 0) is 113 Å². The van der Waals surface area contributed by atoms with Crippen LogP contribution in [0.5, 0.6) is 0 Å². The molecule has 0 fully saturated rings. The molecule has 540 valence electrons. The van der Waals surface area contributed by atoms with E-state index in [9.17, 15) is 29.1 Å². The van der Waals surface area contributed by atoms with Crippen LogP contribution in [0.2, 0.25) is 0 Å². The molecule has 30 N–H and O–H groups in total. The molecule has 6 aromatic carbocycles. The smallest absolute Gasteiger partial charge is 0.326 e. The van der Waals surface area contributed by atoms with Gasteiger partial charge < -0.3 is 103 Å². The number of guanidine groups is 5. The van der Waals surface area contributed by atoms with E-state index in [1.807, 2.05) is 109 Å². The molecule has 0 saturated carbocycles. The SMILES string of the molecule is N=C(N)NCCC[C@H](NC(=O)[C@H](CCCNC(=N)N)NC(=O)[C@H](CCCNC(=N)N)NC(=O)[C@H](CCCNC(=N)N)NC(=O)[C@@H](N)CCCNC(=N)N)C(=O)N[C@@H](Cc1ccc2ccccc2c1)C(=O)N[C@@H](Cc1ccc2ccccc2c1)C(=O)N[C@@H](Cc1ccc2ccccc2c1)C(=O)O. The molecule has 6 aromatic rings. The lowest BCUT2D eigenvalue weighted by molar-refractivity contribution is -0.142. The van der Waals surface area contributed by atoms with Gasteiger partial charge in [0, 0.05) is 52.0 Å². The third-order valence-corrected chi connectivity index (χ3v) is 16.5. The number of rotatable bonds is 41. The predicted octanol–water partition coefficient (Wildman–Crippen LogP) is -0.704. The predicted molar refractivity (Wildman–Crippen MR) is 388 cm³/mol. The van der Waals surface area contributed by atoms with Crippen molar-refractivity contribution in [3.05, 3.63) is 144 Å². The maximum absolute atomic E-state index is 15.3. The lowest BCUT2D eigenvalue weighted by atomic mass is 9.98. The molecule has 0 spiro atoms. The van der Waals surface area contributed by atoms with Gasteiger partial charge in [-0.1, -0.05) is 127 Å². The summed E-state index contributed by atoms with van der Waals surface area (Å²) < 4.78 is 0. The average Bonchev–Trinajstić information content (AvgIpc) is 0.840. The van der Waals surface area contributed by atoms with Crippen molar-refractivity contribution in [2.75, 3.05) is 32.7 Å². The fourth-order valence-corrected chi connectivity index (χ4v) is 11.2. The molecule has 32 nitrogen and oxygen atoms in total. The number of carbonyl (C=O) groups is 8. The lowest BCUT2D eigenvalue weighted by Crippen LogP contribution is -2.60. The summed E-state index contributed by atoms with van der Waals surface area (Å²) in [6.07, 6.45) is 0.0301. The zero-order valence-corrected chi connectivity index (χ0v) is 56.1. The zero-order chi connectivity index (χ0) is 73.4. The second-order valence-corrected chi connectivity index (χ2v) is 24.4. The van der Waals surface area contributed by atoms with Crippen LogP contribution in [0.25, 0.3) is 32.3 Å². The summed E-state index contributed by atoms with van der Waals surface area (Å²) in [6, 6.07) is 27.7. The highest BCUT2D eigenvalue weighted by Gasteiger charge is 2.35. The molecule has 0 unspecified atom stereocenters. The van der Waals surface area contributed by atoms with Crippen molar-refractivity contribution in [1.82, 2.24) is 63.8 Å². The first-order valence-corrected chi connectivity index (χ1v) is 33.3. The molecular formula is C69H95N23O9. The molecule has 0 heterocycles. The molecule has 0 radical (unpaired) electrons. The van der Waals surface area contributed by atoms with Crippen molar-refractivity contribution in [2.24, 2.45) is 34.4 Å². The van der Waals surface area contributed by atoms with E-state index in [1.54, 1.807) is 18.2 Å². The van der Waals surface area contributed by atoms with Crippen LogP contribution in [0.4, 0.5) is 0 Å². The van der Waals surface area contributed by atoms with E-state index in [0.717, 1.165) is 32.3 Å². The fourth-order valence-electron chi connectivity index (χ4n) is 11.2. The topological polar surface area (TPSA) is 577 Å². The van der Waals surface area contributed by atoms with Crippen molar-refractivity contribution in [3.63, 3.8) is 0 Å². The average molecular weight is 1390 g/mol. The molecule has 0 saturated heterocycles. The zero-order valence-electron chi connectivity index (χ0n) is 56.1. The van der Waals surface area contributed by atoms with Crippen LogP contribution in [0, 0.1) is 27.0 Å². The molecular weight excluding hydrogens is 1290 g/mol. The van der Waals surface area contributed by atoms with E-state index in [-0.39, 0.29) is 140 Å². The summed E-state index contributed by atoms with van der Waals surface area (Å²) in [5.41, 5.74) is 35.7. The van der Waals surface area contributed by atoms with E-state index >= 15 is 14.4 Å². The minimum Gasteiger partial charge on any atom is -0.480 e. The minimum atomic E-state index is -1.51. The molecule has 0 aromatic heterocycles. The molecule has 101 heavy (non-hydrogen) atoms. The number of nitrogens with one attached hydrogen (secondary N) is 17. The minimum absolute atomic E-state index is 0.0363. The molecule has 8 atom stereocenters. The number of nitrogens with two attached hydrogens (primary N) is 6. The standard InChI is InChI=1S/C69H95N23O9/c70-49(18-7-29-81-65(71)72)57(93)86-50(19-8-30-82-66(73)74)58(94)87-51(20-9-31-83-67(75)76)59(95)88-52(21-10-32-84-68(77)78)60(96)89-53(22-11-33-85-69(79)80)61(97)90-54(37-40-23-26-43-12-1-4-15-46(43)34-40)62(98)91-55(38-41-24-27-44-13-2-5-16-47(44)35-41)63(99)92-56(64(100)101)39-42-25-28-45-14-3-6-17-48(45)36-42/h1-6,12-17,23-28,34-36,49-56H,7-11,18-22,29-33,37-39,70H2,(H,86,93)(H,87,94)(H,88,95)(H,89,96)(H,90,97)(H,91,98)(H,92,99)(H,100,101)(H4,71,72,81)(H4,73,74,82)(H4,75,76,83)(H4,77,78,84)(H4,79,80,85)/t49-,50-,51-,52-,53-,54-,55-,56-/m0/s1. The summed E-state index contributed by atoms with van der Waals surface area (Å²) in [6.45, 7) is 0.494. The van der Waals surface area contributed by atoms with Crippen LogP contribution < -0.4 is 98.2 Å². The summed E-state index contributed by atoms with van der Waals surface area (Å²) in [7, 11) is 0. The molecule has 32 heteroatoms. The first-order chi connectivity index (χ1) is 48.3. The van der Waals surface area contributed by atoms with Crippen molar-refractivity contribution in [3.8, 4) is 0 Å². The highest BCUT2D eigenvalue weighted by atomic mass is 16.4. The third kappa shape index (κ3) is 27.2. The fraction of sp³-hybridized carbons (Fsp3) is 0.377. The van der Waals surface area contributed by atoms with Crippen molar-refractivity contribution < 1.29 is 43.5 Å². The van der Waals surface area contributed by atoms with E-state index in [0.29, 0.717) is 23.1 Å². The highest BCUT2D eigenvalue weighted by Crippen LogP contribution is 2.21. The van der Waals surface area contributed by atoms with Crippen LogP contribution in [0.3, 0.4) is 0 Å². The summed E-state index contributed by atoms with van der Waals surface area (Å²) in [4.78, 5) is 116. The number of amides is 7. The summed E-state index contributed by atoms with van der Waals surface area (Å²) in [5, 5.41) is 86.4. The Balaban J connectivity index is 1.33. The van der Waals surface area contributed by atoms with Gasteiger partial charge in [0.25, 0.3) is 0 Å². The number of carbonyl (C=O) groups excluding carboxylic acids is 7. The molecule has 0 bridgehead atoms. The lowest BCUT2D eigenvalue weighted by Gasteiger charge is -2.28. The normalized spacial score (nSPS) is 13.4. The summed E-state index contributed by atoms with van der Waals surface area (Å²) >= 11 is 0. The van der Waals surface area contributed by atoms with Crippen molar-refractivity contribution >= 4 is 109 Å². The van der Waals surface area contributed by atoms with Gasteiger partial charge >= 0.3 is 5.97 Å². The van der Waals surface area contributed by atoms with Gasteiger partial charge in [-0.3, -0.25) is 60.6 Å². The monoisotopic (exact) mass is 1390 g/mol. The largest absolute Gasteiger partial charge is 0.480 e. The highest BCUT2D eigenvalue weighted by molar-refractivity contribution is 5.98. The summed E-state index contributed by atoms with van der Waals surface area (Å²) in [5.74, 6) is -9.05. The van der Waals surface area contributed by atoms with E-state index in [4.69, 9.17) is 61.4 Å². The van der Waals surface area contributed by atoms with Gasteiger partial charge in [-0.15, -0.1) is 0 Å².